The summed E-state index contributed by atoms with van der Waals surface area (Å²) in [6.45, 7) is 3.30. The predicted molar refractivity (Wildman–Crippen MR) is 27.8 cm³/mol. The van der Waals surface area contributed by atoms with Crippen LogP contribution in [0, 0.1) is 0 Å². The molecule has 1 aliphatic rings. The number of hydrogen-bond donors (Lipinski definition) is 0. The summed E-state index contributed by atoms with van der Waals surface area (Å²) in [5.41, 5.74) is 0. The smallest absolute Gasteiger partial charge is 0.0575 e. The summed E-state index contributed by atoms with van der Waals surface area (Å²) in [6, 6.07) is 0.727. The molecule has 0 spiro atoms. The summed E-state index contributed by atoms with van der Waals surface area (Å²) >= 11 is 0. The molecule has 2 heteroatoms. The largest absolute Gasteiger partial charge is 0.302 e. The second kappa shape index (κ2) is 1.80. The average molecular weight is 101 g/mol. The number of hydroxylamine groups is 2. The Hall–Kier alpha value is -0.0800. The van der Waals surface area contributed by atoms with E-state index >= 15 is 0 Å². The van der Waals surface area contributed by atoms with Gasteiger partial charge in [0.2, 0.25) is 0 Å². The van der Waals surface area contributed by atoms with Crippen LogP contribution in [0.15, 0.2) is 0 Å². The Balaban J connectivity index is 2.06. The SMILES string of the molecule is CCC1CN1OC. The first-order valence-corrected chi connectivity index (χ1v) is 2.69. The summed E-state index contributed by atoms with van der Waals surface area (Å²) in [6.07, 6.45) is 1.22. The van der Waals surface area contributed by atoms with Crippen molar-refractivity contribution in [1.82, 2.24) is 5.06 Å². The topological polar surface area (TPSA) is 12.2 Å². The molecular formula is C5H11NO. The second-order valence-corrected chi connectivity index (χ2v) is 1.84. The van der Waals surface area contributed by atoms with Crippen molar-refractivity contribution in [1.29, 1.82) is 0 Å². The highest BCUT2D eigenvalue weighted by atomic mass is 16.7. The lowest BCUT2D eigenvalue weighted by atomic mass is 10.4. The van der Waals surface area contributed by atoms with Gasteiger partial charge in [0, 0.05) is 6.54 Å². The van der Waals surface area contributed by atoms with E-state index in [0.717, 1.165) is 12.6 Å². The quantitative estimate of drug-likeness (QED) is 0.473. The summed E-state index contributed by atoms with van der Waals surface area (Å²) in [5, 5.41) is 1.97. The van der Waals surface area contributed by atoms with Gasteiger partial charge in [-0.25, -0.2) is 0 Å². The molecule has 0 N–H and O–H groups in total. The standard InChI is InChI=1S/C5H11NO/c1-3-5-4-6(5)7-2/h5H,3-4H2,1-2H3. The Labute approximate surface area is 44.0 Å². The minimum Gasteiger partial charge on any atom is -0.302 e. The predicted octanol–water partition coefficient (Wildman–Crippen LogP) is 0.642. The van der Waals surface area contributed by atoms with E-state index in [1.165, 1.54) is 6.42 Å². The Bertz CT molecular complexity index is 57.1. The van der Waals surface area contributed by atoms with Crippen molar-refractivity contribution in [3.05, 3.63) is 0 Å². The molecule has 0 bridgehead atoms. The molecule has 1 fully saturated rings. The fraction of sp³-hybridized carbons (Fsp3) is 1.00. The molecule has 42 valence electrons. The summed E-state index contributed by atoms with van der Waals surface area (Å²) in [5.74, 6) is 0. The molecule has 0 aromatic heterocycles. The van der Waals surface area contributed by atoms with Crippen LogP contribution >= 0.6 is 0 Å². The van der Waals surface area contributed by atoms with Crippen LogP contribution in [0.5, 0.6) is 0 Å². The van der Waals surface area contributed by atoms with E-state index < -0.39 is 0 Å². The Morgan fingerprint density at radius 1 is 1.86 bits per heavy atom. The van der Waals surface area contributed by atoms with E-state index in [4.69, 9.17) is 4.84 Å². The van der Waals surface area contributed by atoms with Crippen molar-refractivity contribution in [3.8, 4) is 0 Å². The molecule has 0 radical (unpaired) electrons. The Morgan fingerprint density at radius 2 is 2.57 bits per heavy atom. The Kier molecular flexibility index (Phi) is 1.30. The van der Waals surface area contributed by atoms with Gasteiger partial charge in [0.15, 0.2) is 0 Å². The molecule has 2 nitrogen and oxygen atoms in total. The lowest BCUT2D eigenvalue weighted by Gasteiger charge is -1.92. The van der Waals surface area contributed by atoms with Crippen molar-refractivity contribution < 1.29 is 4.84 Å². The fourth-order valence-corrected chi connectivity index (χ4v) is 0.717. The first-order valence-electron chi connectivity index (χ1n) is 2.69. The molecule has 7 heavy (non-hydrogen) atoms. The van der Waals surface area contributed by atoms with Gasteiger partial charge >= 0.3 is 0 Å². The molecule has 0 aromatic rings. The van der Waals surface area contributed by atoms with Crippen LogP contribution in [0.25, 0.3) is 0 Å². The lowest BCUT2D eigenvalue weighted by molar-refractivity contribution is -0.0376. The highest BCUT2D eigenvalue weighted by Crippen LogP contribution is 2.18. The number of hydrogen-bond acceptors (Lipinski definition) is 2. The second-order valence-electron chi connectivity index (χ2n) is 1.84. The molecule has 0 saturated carbocycles. The molecular weight excluding hydrogens is 90.1 g/mol. The molecule has 0 aliphatic carbocycles. The lowest BCUT2D eigenvalue weighted by Crippen LogP contribution is -1.96. The maximum Gasteiger partial charge on any atom is 0.0575 e. The van der Waals surface area contributed by atoms with Crippen molar-refractivity contribution in [2.75, 3.05) is 13.7 Å². The highest BCUT2D eigenvalue weighted by Gasteiger charge is 2.31. The van der Waals surface area contributed by atoms with Crippen molar-refractivity contribution in [3.63, 3.8) is 0 Å². The molecule has 0 aromatic carbocycles. The van der Waals surface area contributed by atoms with Crippen LogP contribution in [0.3, 0.4) is 0 Å². The zero-order valence-electron chi connectivity index (χ0n) is 4.85. The van der Waals surface area contributed by atoms with Gasteiger partial charge < -0.3 is 4.84 Å². The van der Waals surface area contributed by atoms with E-state index in [1.807, 2.05) is 5.06 Å². The fourth-order valence-electron chi connectivity index (χ4n) is 0.717. The summed E-state index contributed by atoms with van der Waals surface area (Å²) in [4.78, 5) is 4.90. The summed E-state index contributed by atoms with van der Waals surface area (Å²) < 4.78 is 0. The van der Waals surface area contributed by atoms with E-state index in [0.29, 0.717) is 0 Å². The molecule has 1 rings (SSSR count). The van der Waals surface area contributed by atoms with Gasteiger partial charge in [-0.15, -0.1) is 0 Å². The van der Waals surface area contributed by atoms with Crippen molar-refractivity contribution in [2.24, 2.45) is 0 Å². The van der Waals surface area contributed by atoms with Gasteiger partial charge in [0.25, 0.3) is 0 Å². The van der Waals surface area contributed by atoms with Crippen LogP contribution < -0.4 is 0 Å². The van der Waals surface area contributed by atoms with Gasteiger partial charge in [-0.2, -0.15) is 5.06 Å². The van der Waals surface area contributed by atoms with E-state index in [9.17, 15) is 0 Å². The van der Waals surface area contributed by atoms with Gasteiger partial charge in [0.05, 0.1) is 13.2 Å². The molecule has 0 amide bonds. The number of rotatable bonds is 2. The number of nitrogens with zero attached hydrogens (tertiary/aromatic N) is 1. The zero-order chi connectivity index (χ0) is 5.28. The third kappa shape index (κ3) is 0.924. The first kappa shape index (κ1) is 5.06. The van der Waals surface area contributed by atoms with Crippen LogP contribution in [0.2, 0.25) is 0 Å². The normalized spacial score (nSPS) is 38.6. The van der Waals surface area contributed by atoms with E-state index in [-0.39, 0.29) is 0 Å². The monoisotopic (exact) mass is 101 g/mol. The first-order chi connectivity index (χ1) is 3.38. The molecule has 1 saturated heterocycles. The maximum atomic E-state index is 4.90. The molecule has 2 atom stereocenters. The minimum absolute atomic E-state index is 0.727. The van der Waals surface area contributed by atoms with E-state index in [1.54, 1.807) is 7.11 Å². The third-order valence-corrected chi connectivity index (χ3v) is 1.37. The maximum absolute atomic E-state index is 4.90. The van der Waals surface area contributed by atoms with Gasteiger partial charge in [0.1, 0.15) is 0 Å². The molecule has 1 aliphatic heterocycles. The van der Waals surface area contributed by atoms with Crippen LogP contribution in [-0.2, 0) is 4.84 Å². The third-order valence-electron chi connectivity index (χ3n) is 1.37. The molecule has 1 heterocycles. The van der Waals surface area contributed by atoms with Gasteiger partial charge in [-0.05, 0) is 6.42 Å². The summed E-state index contributed by atoms with van der Waals surface area (Å²) in [7, 11) is 1.72. The van der Waals surface area contributed by atoms with Gasteiger partial charge in [-0.1, -0.05) is 6.92 Å². The van der Waals surface area contributed by atoms with Crippen molar-refractivity contribution in [2.45, 2.75) is 19.4 Å². The Morgan fingerprint density at radius 3 is 2.71 bits per heavy atom. The zero-order valence-corrected chi connectivity index (χ0v) is 4.85. The van der Waals surface area contributed by atoms with Crippen LogP contribution in [0.1, 0.15) is 13.3 Å². The van der Waals surface area contributed by atoms with E-state index in [2.05, 4.69) is 6.92 Å². The van der Waals surface area contributed by atoms with Gasteiger partial charge in [-0.3, -0.25) is 0 Å². The minimum atomic E-state index is 0.727. The van der Waals surface area contributed by atoms with Crippen molar-refractivity contribution >= 4 is 0 Å². The highest BCUT2D eigenvalue weighted by molar-refractivity contribution is 4.79. The molecule has 2 unspecified atom stereocenters. The van der Waals surface area contributed by atoms with Crippen LogP contribution in [0.4, 0.5) is 0 Å². The average Bonchev–Trinajstić information content (AvgIpc) is 2.43. The van der Waals surface area contributed by atoms with Crippen LogP contribution in [-0.4, -0.2) is 24.8 Å².